The number of carbonyl (C=O) groups excluding carboxylic acids is 1. The number of carbonyl (C=O) groups is 1. The summed E-state index contributed by atoms with van der Waals surface area (Å²) in [5, 5.41) is 2.67. The summed E-state index contributed by atoms with van der Waals surface area (Å²) >= 11 is 6.30. The molecular weight excluding hydrogens is 479 g/mol. The molecule has 0 bridgehead atoms. The molecule has 1 amide bonds. The van der Waals surface area contributed by atoms with Crippen LogP contribution in [-0.2, 0) is 5.41 Å². The van der Waals surface area contributed by atoms with Crippen LogP contribution in [0, 0.1) is 0 Å². The Bertz CT molecular complexity index is 790. The lowest BCUT2D eigenvalue weighted by Crippen LogP contribution is -2.17. The highest BCUT2D eigenvalue weighted by Crippen LogP contribution is 2.37. The molecule has 0 aliphatic rings. The van der Waals surface area contributed by atoms with Gasteiger partial charge >= 0.3 is 6.36 Å². The van der Waals surface area contributed by atoms with Crippen molar-refractivity contribution in [2.45, 2.75) is 32.5 Å². The first-order valence-corrected chi connectivity index (χ1v) is 9.12. The Morgan fingerprint density at radius 2 is 1.50 bits per heavy atom. The second kappa shape index (κ2) is 7.60. The number of hydrogen-bond donors (Lipinski definition) is 1. The van der Waals surface area contributed by atoms with Crippen LogP contribution >= 0.6 is 31.9 Å². The standard InChI is InChI=1S/C18H16Br2F3NO2/c1-17(2,3)11-6-4-10(5-7-11)16(25)24-15-13(19)8-12(9-14(15)20)26-18(21,22)23/h4-9H,1-3H3,(H,24,25). The molecule has 0 saturated carbocycles. The molecule has 0 unspecified atom stereocenters. The van der Waals surface area contributed by atoms with Crippen LogP contribution in [0.25, 0.3) is 0 Å². The first-order chi connectivity index (χ1) is 11.9. The Labute approximate surface area is 166 Å². The van der Waals surface area contributed by atoms with Crippen molar-refractivity contribution in [2.75, 3.05) is 5.32 Å². The summed E-state index contributed by atoms with van der Waals surface area (Å²) in [7, 11) is 0. The molecular formula is C18H16Br2F3NO2. The van der Waals surface area contributed by atoms with Gasteiger partial charge in [-0.3, -0.25) is 4.79 Å². The molecule has 0 heterocycles. The average Bonchev–Trinajstić information content (AvgIpc) is 2.48. The van der Waals surface area contributed by atoms with Crippen molar-refractivity contribution in [2.24, 2.45) is 0 Å². The highest BCUT2D eigenvalue weighted by Gasteiger charge is 2.31. The predicted octanol–water partition coefficient (Wildman–Crippen LogP) is 6.66. The summed E-state index contributed by atoms with van der Waals surface area (Å²) in [6.07, 6.45) is -4.79. The minimum Gasteiger partial charge on any atom is -0.406 e. The zero-order valence-corrected chi connectivity index (χ0v) is 17.3. The molecule has 1 N–H and O–H groups in total. The molecule has 0 saturated heterocycles. The van der Waals surface area contributed by atoms with E-state index in [2.05, 4.69) is 62.7 Å². The number of rotatable bonds is 3. The van der Waals surface area contributed by atoms with Crippen LogP contribution in [0.3, 0.4) is 0 Å². The molecule has 2 rings (SSSR count). The second-order valence-corrected chi connectivity index (χ2v) is 8.30. The van der Waals surface area contributed by atoms with E-state index in [0.29, 0.717) is 11.3 Å². The zero-order chi connectivity index (χ0) is 19.7. The summed E-state index contributed by atoms with van der Waals surface area (Å²) in [5.41, 5.74) is 1.80. The smallest absolute Gasteiger partial charge is 0.406 e. The Morgan fingerprint density at radius 1 is 1.00 bits per heavy atom. The van der Waals surface area contributed by atoms with Crippen molar-refractivity contribution in [3.8, 4) is 5.75 Å². The van der Waals surface area contributed by atoms with Gasteiger partial charge in [-0.2, -0.15) is 0 Å². The molecule has 0 fully saturated rings. The lowest BCUT2D eigenvalue weighted by atomic mass is 9.87. The van der Waals surface area contributed by atoms with Gasteiger partial charge in [0.05, 0.1) is 5.69 Å². The largest absolute Gasteiger partial charge is 0.573 e. The summed E-state index contributed by atoms with van der Waals surface area (Å²) < 4.78 is 41.4. The first-order valence-electron chi connectivity index (χ1n) is 7.53. The van der Waals surface area contributed by atoms with Gasteiger partial charge in [0.15, 0.2) is 0 Å². The number of alkyl halides is 3. The number of halogens is 5. The van der Waals surface area contributed by atoms with Gasteiger partial charge in [0.1, 0.15) is 5.75 Å². The van der Waals surface area contributed by atoms with Crippen molar-refractivity contribution in [3.05, 3.63) is 56.5 Å². The quantitative estimate of drug-likeness (QED) is 0.518. The molecule has 0 aliphatic carbocycles. The fraction of sp³-hybridized carbons (Fsp3) is 0.278. The van der Waals surface area contributed by atoms with Crippen LogP contribution < -0.4 is 10.1 Å². The number of amides is 1. The van der Waals surface area contributed by atoms with Crippen molar-refractivity contribution in [3.63, 3.8) is 0 Å². The third-order valence-corrected chi connectivity index (χ3v) is 4.75. The molecule has 2 aromatic carbocycles. The summed E-state index contributed by atoms with van der Waals surface area (Å²) in [6.45, 7) is 6.21. The van der Waals surface area contributed by atoms with Crippen LogP contribution in [0.5, 0.6) is 5.75 Å². The number of hydrogen-bond acceptors (Lipinski definition) is 2. The number of ether oxygens (including phenoxy) is 1. The Balaban J connectivity index is 2.21. The number of nitrogens with one attached hydrogen (secondary N) is 1. The minimum absolute atomic E-state index is 0.0324. The third kappa shape index (κ3) is 5.48. The molecule has 26 heavy (non-hydrogen) atoms. The van der Waals surface area contributed by atoms with Gasteiger partial charge in [-0.15, -0.1) is 13.2 Å². The van der Waals surface area contributed by atoms with E-state index in [1.165, 1.54) is 0 Å². The minimum atomic E-state index is -4.79. The average molecular weight is 495 g/mol. The van der Waals surface area contributed by atoms with Crippen LogP contribution in [0.2, 0.25) is 0 Å². The van der Waals surface area contributed by atoms with E-state index in [-0.39, 0.29) is 20.3 Å². The molecule has 2 aromatic rings. The van der Waals surface area contributed by atoms with E-state index in [9.17, 15) is 18.0 Å². The predicted molar refractivity (Wildman–Crippen MR) is 102 cm³/mol. The van der Waals surface area contributed by atoms with Crippen molar-refractivity contribution in [1.29, 1.82) is 0 Å². The van der Waals surface area contributed by atoms with Crippen molar-refractivity contribution in [1.82, 2.24) is 0 Å². The van der Waals surface area contributed by atoms with Crippen molar-refractivity contribution < 1.29 is 22.7 Å². The maximum Gasteiger partial charge on any atom is 0.573 e. The van der Waals surface area contributed by atoms with E-state index in [1.54, 1.807) is 12.1 Å². The summed E-state index contributed by atoms with van der Waals surface area (Å²) in [6, 6.07) is 9.43. The fourth-order valence-corrected chi connectivity index (χ4v) is 3.51. The summed E-state index contributed by atoms with van der Waals surface area (Å²) in [4.78, 5) is 12.4. The highest BCUT2D eigenvalue weighted by molar-refractivity contribution is 9.11. The van der Waals surface area contributed by atoms with Crippen LogP contribution in [-0.4, -0.2) is 12.3 Å². The molecule has 0 atom stereocenters. The van der Waals surface area contributed by atoms with E-state index in [1.807, 2.05) is 12.1 Å². The summed E-state index contributed by atoms with van der Waals surface area (Å²) in [5.74, 6) is -0.778. The fourth-order valence-electron chi connectivity index (χ4n) is 2.17. The monoisotopic (exact) mass is 493 g/mol. The third-order valence-electron chi connectivity index (χ3n) is 3.50. The molecule has 3 nitrogen and oxygen atoms in total. The van der Waals surface area contributed by atoms with E-state index in [4.69, 9.17) is 0 Å². The molecule has 0 radical (unpaired) electrons. The van der Waals surface area contributed by atoms with Gasteiger partial charge < -0.3 is 10.1 Å². The van der Waals surface area contributed by atoms with Gasteiger partial charge in [-0.1, -0.05) is 32.9 Å². The van der Waals surface area contributed by atoms with Gasteiger partial charge in [-0.05, 0) is 67.1 Å². The Morgan fingerprint density at radius 3 is 1.92 bits per heavy atom. The molecule has 0 aliphatic heterocycles. The molecule has 140 valence electrons. The molecule has 8 heteroatoms. The van der Waals surface area contributed by atoms with E-state index in [0.717, 1.165) is 17.7 Å². The highest BCUT2D eigenvalue weighted by atomic mass is 79.9. The van der Waals surface area contributed by atoms with Crippen LogP contribution in [0.1, 0.15) is 36.7 Å². The number of anilines is 1. The van der Waals surface area contributed by atoms with Gasteiger partial charge in [0, 0.05) is 14.5 Å². The lowest BCUT2D eigenvalue weighted by molar-refractivity contribution is -0.274. The topological polar surface area (TPSA) is 38.3 Å². The maximum atomic E-state index is 12.4. The normalized spacial score (nSPS) is 12.0. The molecule has 0 spiro atoms. The number of benzene rings is 2. The van der Waals surface area contributed by atoms with Gasteiger partial charge in [0.25, 0.3) is 5.91 Å². The SMILES string of the molecule is CC(C)(C)c1ccc(C(=O)Nc2c(Br)cc(OC(F)(F)F)cc2Br)cc1. The maximum absolute atomic E-state index is 12.4. The van der Waals surface area contributed by atoms with E-state index >= 15 is 0 Å². The Kier molecular flexibility index (Phi) is 6.07. The van der Waals surface area contributed by atoms with Gasteiger partial charge in [-0.25, -0.2) is 0 Å². The van der Waals surface area contributed by atoms with Crippen molar-refractivity contribution >= 4 is 43.5 Å². The molecule has 0 aromatic heterocycles. The van der Waals surface area contributed by atoms with Crippen LogP contribution in [0.4, 0.5) is 18.9 Å². The lowest BCUT2D eigenvalue weighted by Gasteiger charge is -2.19. The first kappa shape index (κ1) is 20.8. The van der Waals surface area contributed by atoms with Crippen LogP contribution in [0.15, 0.2) is 45.3 Å². The van der Waals surface area contributed by atoms with E-state index < -0.39 is 12.1 Å². The Hall–Kier alpha value is -1.54. The zero-order valence-electron chi connectivity index (χ0n) is 14.2. The van der Waals surface area contributed by atoms with Gasteiger partial charge in [0.2, 0.25) is 0 Å². The second-order valence-electron chi connectivity index (χ2n) is 6.59.